The van der Waals surface area contributed by atoms with E-state index in [1.54, 1.807) is 0 Å². The molecule has 0 saturated heterocycles. The van der Waals surface area contributed by atoms with E-state index in [4.69, 9.17) is 16.6 Å². The Morgan fingerprint density at radius 1 is 1.04 bits per heavy atom. The summed E-state index contributed by atoms with van der Waals surface area (Å²) in [4.78, 5) is 17.2. The van der Waals surface area contributed by atoms with Crippen LogP contribution in [0.2, 0.25) is 5.02 Å². The predicted molar refractivity (Wildman–Crippen MR) is 97.8 cm³/mol. The second-order valence-electron chi connectivity index (χ2n) is 6.05. The maximum atomic E-state index is 12.5. The number of rotatable bonds is 3. The molecular weight excluding hydrogens is 320 g/mol. The zero-order chi connectivity index (χ0) is 16.5. The van der Waals surface area contributed by atoms with Crippen LogP contribution in [0.3, 0.4) is 0 Å². The van der Waals surface area contributed by atoms with Crippen LogP contribution in [0.4, 0.5) is 5.69 Å². The molecular formula is C20H17ClN2O. The number of nitrogens with one attached hydrogen (secondary N) is 1. The fourth-order valence-electron chi connectivity index (χ4n) is 3.29. The first-order valence-electron chi connectivity index (χ1n) is 8.16. The number of carbonyl (C=O) groups is 1. The molecule has 1 N–H and O–H groups in total. The van der Waals surface area contributed by atoms with Gasteiger partial charge in [-0.15, -0.1) is 0 Å². The summed E-state index contributed by atoms with van der Waals surface area (Å²) < 4.78 is 0. The molecule has 0 bridgehead atoms. The summed E-state index contributed by atoms with van der Waals surface area (Å²) in [5.41, 5.74) is 4.49. The zero-order valence-electron chi connectivity index (χ0n) is 13.2. The lowest BCUT2D eigenvalue weighted by Gasteiger charge is -2.21. The smallest absolute Gasteiger partial charge is 0.166 e. The van der Waals surface area contributed by atoms with Gasteiger partial charge in [0.15, 0.2) is 5.78 Å². The molecule has 4 heteroatoms. The van der Waals surface area contributed by atoms with Crippen LogP contribution < -0.4 is 5.32 Å². The molecule has 0 atom stereocenters. The maximum absolute atomic E-state index is 12.5. The van der Waals surface area contributed by atoms with Crippen LogP contribution in [-0.2, 0) is 13.0 Å². The van der Waals surface area contributed by atoms with Crippen molar-refractivity contribution in [2.45, 2.75) is 25.8 Å². The van der Waals surface area contributed by atoms with Crippen LogP contribution in [-0.4, -0.2) is 10.8 Å². The molecule has 0 saturated carbocycles. The van der Waals surface area contributed by atoms with E-state index in [2.05, 4.69) is 5.32 Å². The SMILES string of the molecule is O=C1CCCc2nc3ccccc3c(NCc3ccccc3Cl)c21. The van der Waals surface area contributed by atoms with Crippen LogP contribution >= 0.6 is 11.6 Å². The average Bonchev–Trinajstić information content (AvgIpc) is 2.60. The Hall–Kier alpha value is -2.39. The Morgan fingerprint density at radius 2 is 1.83 bits per heavy atom. The summed E-state index contributed by atoms with van der Waals surface area (Å²) in [5, 5.41) is 5.17. The van der Waals surface area contributed by atoms with E-state index in [1.165, 1.54) is 0 Å². The summed E-state index contributed by atoms with van der Waals surface area (Å²) in [6.07, 6.45) is 2.32. The minimum atomic E-state index is 0.177. The lowest BCUT2D eigenvalue weighted by atomic mass is 9.91. The number of benzene rings is 2. The van der Waals surface area contributed by atoms with Crippen LogP contribution in [0, 0.1) is 0 Å². The number of carbonyl (C=O) groups excluding carboxylic acids is 1. The summed E-state index contributed by atoms with van der Waals surface area (Å²) in [7, 11) is 0. The molecule has 24 heavy (non-hydrogen) atoms. The van der Waals surface area contributed by atoms with Gasteiger partial charge in [-0.3, -0.25) is 9.78 Å². The Labute approximate surface area is 145 Å². The third-order valence-corrected chi connectivity index (χ3v) is 4.85. The van der Waals surface area contributed by atoms with Crippen molar-refractivity contribution in [1.29, 1.82) is 0 Å². The number of aryl methyl sites for hydroxylation is 1. The highest BCUT2D eigenvalue weighted by atomic mass is 35.5. The number of ketones is 1. The lowest BCUT2D eigenvalue weighted by molar-refractivity contribution is 0.0972. The van der Waals surface area contributed by atoms with Gasteiger partial charge in [0.1, 0.15) is 0 Å². The van der Waals surface area contributed by atoms with Gasteiger partial charge in [-0.1, -0.05) is 48.0 Å². The molecule has 3 nitrogen and oxygen atoms in total. The molecule has 0 spiro atoms. The van der Waals surface area contributed by atoms with Gasteiger partial charge in [0.2, 0.25) is 0 Å². The van der Waals surface area contributed by atoms with Gasteiger partial charge in [0.05, 0.1) is 22.5 Å². The van der Waals surface area contributed by atoms with Crippen molar-refractivity contribution in [2.24, 2.45) is 0 Å². The van der Waals surface area contributed by atoms with E-state index < -0.39 is 0 Å². The standard InChI is InChI=1S/C20H17ClN2O/c21-15-8-3-1-6-13(15)12-22-20-14-7-2-4-9-16(14)23-17-10-5-11-18(24)19(17)20/h1-4,6-9H,5,10-12H2,(H,22,23). The van der Waals surface area contributed by atoms with E-state index in [-0.39, 0.29) is 5.78 Å². The molecule has 1 aromatic heterocycles. The zero-order valence-corrected chi connectivity index (χ0v) is 13.9. The Bertz CT molecular complexity index is 936. The van der Waals surface area contributed by atoms with Gasteiger partial charge in [-0.2, -0.15) is 0 Å². The van der Waals surface area contributed by atoms with Gasteiger partial charge in [0, 0.05) is 23.4 Å². The molecule has 4 rings (SSSR count). The third-order valence-electron chi connectivity index (χ3n) is 4.48. The van der Waals surface area contributed by atoms with Crippen LogP contribution in [0.1, 0.15) is 34.5 Å². The first-order chi connectivity index (χ1) is 11.7. The van der Waals surface area contributed by atoms with Crippen molar-refractivity contribution in [3.63, 3.8) is 0 Å². The summed E-state index contributed by atoms with van der Waals surface area (Å²) in [6.45, 7) is 0.577. The number of anilines is 1. The average molecular weight is 337 g/mol. The highest BCUT2D eigenvalue weighted by Crippen LogP contribution is 2.33. The van der Waals surface area contributed by atoms with Crippen molar-refractivity contribution < 1.29 is 4.79 Å². The molecule has 0 fully saturated rings. The van der Waals surface area contributed by atoms with Gasteiger partial charge in [-0.05, 0) is 30.5 Å². The molecule has 0 amide bonds. The minimum absolute atomic E-state index is 0.177. The molecule has 120 valence electrons. The molecule has 0 aliphatic heterocycles. The fraction of sp³-hybridized carbons (Fsp3) is 0.200. The summed E-state index contributed by atoms with van der Waals surface area (Å²) in [5.74, 6) is 0.177. The predicted octanol–water partition coefficient (Wildman–Crippen LogP) is 5.02. The summed E-state index contributed by atoms with van der Waals surface area (Å²) in [6, 6.07) is 15.7. The van der Waals surface area contributed by atoms with Crippen LogP contribution in [0.15, 0.2) is 48.5 Å². The van der Waals surface area contributed by atoms with Crippen molar-refractivity contribution in [3.05, 3.63) is 70.4 Å². The number of fused-ring (bicyclic) bond motifs is 2. The van der Waals surface area contributed by atoms with E-state index in [9.17, 15) is 4.79 Å². The number of hydrogen-bond donors (Lipinski definition) is 1. The molecule has 3 aromatic rings. The normalized spacial score (nSPS) is 13.8. The fourth-order valence-corrected chi connectivity index (χ4v) is 3.50. The quantitative estimate of drug-likeness (QED) is 0.730. The van der Waals surface area contributed by atoms with Crippen LogP contribution in [0.25, 0.3) is 10.9 Å². The molecule has 1 aliphatic carbocycles. The van der Waals surface area contributed by atoms with Gasteiger partial charge in [0.25, 0.3) is 0 Å². The second kappa shape index (κ2) is 6.25. The number of pyridine rings is 1. The highest BCUT2D eigenvalue weighted by Gasteiger charge is 2.24. The highest BCUT2D eigenvalue weighted by molar-refractivity contribution is 6.31. The monoisotopic (exact) mass is 336 g/mol. The largest absolute Gasteiger partial charge is 0.380 e. The molecule has 1 aliphatic rings. The summed E-state index contributed by atoms with van der Waals surface area (Å²) >= 11 is 6.26. The van der Waals surface area contributed by atoms with E-state index >= 15 is 0 Å². The number of halogens is 1. The van der Waals surface area contributed by atoms with E-state index in [1.807, 2.05) is 48.5 Å². The van der Waals surface area contributed by atoms with Gasteiger partial charge < -0.3 is 5.32 Å². The Balaban J connectivity index is 1.82. The molecule has 0 radical (unpaired) electrons. The third kappa shape index (κ3) is 2.65. The minimum Gasteiger partial charge on any atom is -0.380 e. The second-order valence-corrected chi connectivity index (χ2v) is 6.45. The number of aromatic nitrogens is 1. The molecule has 0 unspecified atom stereocenters. The van der Waals surface area contributed by atoms with Gasteiger partial charge >= 0.3 is 0 Å². The van der Waals surface area contributed by atoms with Crippen molar-refractivity contribution in [2.75, 3.05) is 5.32 Å². The maximum Gasteiger partial charge on any atom is 0.166 e. The molecule has 1 heterocycles. The Kier molecular flexibility index (Phi) is 3.95. The topological polar surface area (TPSA) is 42.0 Å². The van der Waals surface area contributed by atoms with E-state index in [0.29, 0.717) is 13.0 Å². The van der Waals surface area contributed by atoms with Crippen molar-refractivity contribution in [1.82, 2.24) is 4.98 Å². The number of Topliss-reactive ketones (excluding diaryl/α,β-unsaturated/α-hetero) is 1. The first-order valence-corrected chi connectivity index (χ1v) is 8.54. The number of para-hydroxylation sites is 1. The lowest BCUT2D eigenvalue weighted by Crippen LogP contribution is -2.16. The van der Waals surface area contributed by atoms with Crippen molar-refractivity contribution in [3.8, 4) is 0 Å². The first kappa shape index (κ1) is 15.2. The number of hydrogen-bond acceptors (Lipinski definition) is 3. The molecule has 2 aromatic carbocycles. The van der Waals surface area contributed by atoms with Crippen molar-refractivity contribution >= 4 is 34.0 Å². The number of nitrogens with zero attached hydrogens (tertiary/aromatic N) is 1. The van der Waals surface area contributed by atoms with Crippen LogP contribution in [0.5, 0.6) is 0 Å². The van der Waals surface area contributed by atoms with Gasteiger partial charge in [-0.25, -0.2) is 0 Å². The van der Waals surface area contributed by atoms with E-state index in [0.717, 1.165) is 51.3 Å². The Morgan fingerprint density at radius 3 is 2.71 bits per heavy atom.